The number of benzene rings is 1. The van der Waals surface area contributed by atoms with Crippen LogP contribution >= 0.6 is 0 Å². The Morgan fingerprint density at radius 3 is 2.67 bits per heavy atom. The van der Waals surface area contributed by atoms with Gasteiger partial charge in [-0.2, -0.15) is 0 Å². The second-order valence-electron chi connectivity index (χ2n) is 5.76. The molecule has 0 aliphatic carbocycles. The van der Waals surface area contributed by atoms with Crippen LogP contribution in [0.2, 0.25) is 0 Å². The molecular formula is C17H21BO6. The van der Waals surface area contributed by atoms with Gasteiger partial charge in [-0.15, -0.1) is 0 Å². The topological polar surface area (TPSA) is 82.1 Å². The monoisotopic (exact) mass is 332 g/mol. The van der Waals surface area contributed by atoms with Crippen molar-refractivity contribution >= 4 is 24.5 Å². The summed E-state index contributed by atoms with van der Waals surface area (Å²) < 4.78 is 16.5. The summed E-state index contributed by atoms with van der Waals surface area (Å²) in [5.74, 6) is -1.32. The van der Waals surface area contributed by atoms with Crippen molar-refractivity contribution < 1.29 is 28.7 Å². The molecule has 1 aliphatic heterocycles. The normalized spacial score (nSPS) is 16.9. The highest BCUT2D eigenvalue weighted by molar-refractivity contribution is 6.61. The number of esters is 1. The average Bonchev–Trinajstić information content (AvgIpc) is 3.03. The number of rotatable bonds is 8. The van der Waals surface area contributed by atoms with E-state index in [-0.39, 0.29) is 17.6 Å². The summed E-state index contributed by atoms with van der Waals surface area (Å²) >= 11 is 0. The third-order valence-electron chi connectivity index (χ3n) is 3.68. The van der Waals surface area contributed by atoms with Gasteiger partial charge in [0.25, 0.3) is 0 Å². The zero-order valence-corrected chi connectivity index (χ0v) is 13.7. The zero-order chi connectivity index (χ0) is 17.5. The van der Waals surface area contributed by atoms with Crippen molar-refractivity contribution in [2.24, 2.45) is 0 Å². The fourth-order valence-corrected chi connectivity index (χ4v) is 2.32. The Balaban J connectivity index is 1.68. The van der Waals surface area contributed by atoms with E-state index in [1.165, 1.54) is 12.1 Å². The highest BCUT2D eigenvalue weighted by Crippen LogP contribution is 2.15. The van der Waals surface area contributed by atoms with Crippen molar-refractivity contribution in [3.8, 4) is 0 Å². The van der Waals surface area contributed by atoms with E-state index in [0.29, 0.717) is 18.8 Å². The fourth-order valence-electron chi connectivity index (χ4n) is 2.32. The van der Waals surface area contributed by atoms with Crippen LogP contribution in [0.1, 0.15) is 36.5 Å². The van der Waals surface area contributed by atoms with E-state index in [4.69, 9.17) is 19.2 Å². The smallest absolute Gasteiger partial charge is 0.478 e. The molecule has 0 saturated carbocycles. The van der Waals surface area contributed by atoms with Crippen molar-refractivity contribution in [3.63, 3.8) is 0 Å². The van der Waals surface area contributed by atoms with Gasteiger partial charge in [0.1, 0.15) is 0 Å². The lowest BCUT2D eigenvalue weighted by atomic mass is 9.79. The highest BCUT2D eigenvalue weighted by Gasteiger charge is 2.32. The summed E-state index contributed by atoms with van der Waals surface area (Å²) in [6.45, 7) is 6.02. The molecule has 0 radical (unpaired) electrons. The third kappa shape index (κ3) is 5.21. The molecule has 1 aromatic carbocycles. The molecule has 1 aromatic rings. The quantitative estimate of drug-likeness (QED) is 0.338. The predicted octanol–water partition coefficient (Wildman–Crippen LogP) is 1.78. The first-order chi connectivity index (χ1) is 11.5. The number of carbonyl (C=O) groups is 2. The lowest BCUT2D eigenvalue weighted by molar-refractivity contribution is -0.139. The van der Waals surface area contributed by atoms with Crippen molar-refractivity contribution in [1.29, 1.82) is 0 Å². The van der Waals surface area contributed by atoms with Crippen molar-refractivity contribution in [1.82, 2.24) is 0 Å². The minimum atomic E-state index is -0.958. The van der Waals surface area contributed by atoms with Gasteiger partial charge < -0.3 is 19.2 Å². The average molecular weight is 332 g/mol. The second-order valence-corrected chi connectivity index (χ2v) is 5.76. The number of aromatic carboxylic acids is 1. The molecule has 6 nitrogen and oxygen atoms in total. The number of carboxylic acid groups (broad SMARTS) is 1. The molecule has 1 heterocycles. The first-order valence-electron chi connectivity index (χ1n) is 7.90. The van der Waals surface area contributed by atoms with Gasteiger partial charge in [0.15, 0.2) is 0 Å². The van der Waals surface area contributed by atoms with Gasteiger partial charge in [-0.1, -0.05) is 18.7 Å². The lowest BCUT2D eigenvalue weighted by Gasteiger charge is -2.10. The summed E-state index contributed by atoms with van der Waals surface area (Å²) in [4.78, 5) is 22.1. The molecule has 24 heavy (non-hydrogen) atoms. The van der Waals surface area contributed by atoms with Crippen LogP contribution < -0.4 is 5.46 Å². The molecular weight excluding hydrogens is 311 g/mol. The van der Waals surface area contributed by atoms with Crippen LogP contribution in [0.3, 0.4) is 0 Å². The van der Waals surface area contributed by atoms with Gasteiger partial charge in [0.2, 0.25) is 0 Å². The molecule has 1 N–H and O–H groups in total. The van der Waals surface area contributed by atoms with Crippen LogP contribution in [0.25, 0.3) is 0 Å². The number of carboxylic acids is 1. The molecule has 1 unspecified atom stereocenters. The van der Waals surface area contributed by atoms with E-state index in [1.807, 2.05) is 0 Å². The lowest BCUT2D eigenvalue weighted by Crippen LogP contribution is -2.32. The SMILES string of the molecule is C=C(C)C(=O)OCCCCC1COB(c2ccc(C(=O)O)cc2)O1. The Labute approximate surface area is 141 Å². The van der Waals surface area contributed by atoms with Crippen LogP contribution in [0.5, 0.6) is 0 Å². The number of ether oxygens (including phenoxy) is 1. The van der Waals surface area contributed by atoms with Gasteiger partial charge in [0.05, 0.1) is 24.9 Å². The Morgan fingerprint density at radius 2 is 2.04 bits per heavy atom. The Morgan fingerprint density at radius 1 is 1.33 bits per heavy atom. The van der Waals surface area contributed by atoms with E-state index >= 15 is 0 Å². The van der Waals surface area contributed by atoms with Crippen LogP contribution in [0, 0.1) is 0 Å². The van der Waals surface area contributed by atoms with Gasteiger partial charge in [-0.3, -0.25) is 0 Å². The summed E-state index contributed by atoms with van der Waals surface area (Å²) in [5.41, 5.74) is 1.44. The summed E-state index contributed by atoms with van der Waals surface area (Å²) in [5, 5.41) is 8.89. The van der Waals surface area contributed by atoms with E-state index in [2.05, 4.69) is 6.58 Å². The van der Waals surface area contributed by atoms with Gasteiger partial charge in [-0.05, 0) is 43.8 Å². The van der Waals surface area contributed by atoms with E-state index in [9.17, 15) is 9.59 Å². The molecule has 7 heteroatoms. The molecule has 1 aliphatic rings. The maximum absolute atomic E-state index is 11.2. The van der Waals surface area contributed by atoms with Crippen LogP contribution in [0.4, 0.5) is 0 Å². The molecule has 0 spiro atoms. The van der Waals surface area contributed by atoms with Gasteiger partial charge in [0, 0.05) is 5.57 Å². The Hall–Kier alpha value is -2.12. The molecule has 0 aromatic heterocycles. The minimum Gasteiger partial charge on any atom is -0.478 e. The maximum atomic E-state index is 11.2. The molecule has 0 bridgehead atoms. The number of hydrogen-bond acceptors (Lipinski definition) is 5. The standard InChI is InChI=1S/C17H21BO6/c1-12(2)17(21)22-10-4-3-5-15-11-23-18(24-15)14-8-6-13(7-9-14)16(19)20/h6-9,15H,1,3-5,10-11H2,2H3,(H,19,20). The molecule has 1 saturated heterocycles. The molecule has 0 amide bonds. The summed E-state index contributed by atoms with van der Waals surface area (Å²) in [7, 11) is -0.459. The molecule has 1 atom stereocenters. The van der Waals surface area contributed by atoms with Crippen molar-refractivity contribution in [2.75, 3.05) is 13.2 Å². The number of hydrogen-bond donors (Lipinski definition) is 1. The van der Waals surface area contributed by atoms with Crippen LogP contribution in [0.15, 0.2) is 36.4 Å². The van der Waals surface area contributed by atoms with E-state index in [0.717, 1.165) is 24.7 Å². The van der Waals surface area contributed by atoms with Crippen LogP contribution in [-0.4, -0.2) is 43.5 Å². The summed E-state index contributed by atoms with van der Waals surface area (Å²) in [6.07, 6.45) is 2.43. The van der Waals surface area contributed by atoms with E-state index < -0.39 is 13.1 Å². The molecule has 128 valence electrons. The largest absolute Gasteiger partial charge is 0.494 e. The van der Waals surface area contributed by atoms with Crippen molar-refractivity contribution in [2.45, 2.75) is 32.3 Å². The molecule has 2 rings (SSSR count). The number of unbranched alkanes of at least 4 members (excludes halogenated alkanes) is 1. The Kier molecular flexibility index (Phi) is 6.57. The predicted molar refractivity (Wildman–Crippen MR) is 89.2 cm³/mol. The van der Waals surface area contributed by atoms with Gasteiger partial charge in [-0.25, -0.2) is 9.59 Å². The highest BCUT2D eigenvalue weighted by atomic mass is 16.6. The van der Waals surface area contributed by atoms with Gasteiger partial charge >= 0.3 is 19.1 Å². The minimum absolute atomic E-state index is 0.00834. The molecule has 1 fully saturated rings. The Bertz CT molecular complexity index is 598. The van der Waals surface area contributed by atoms with E-state index in [1.54, 1.807) is 19.1 Å². The second kappa shape index (κ2) is 8.66. The number of carbonyl (C=O) groups excluding carboxylic acids is 1. The van der Waals surface area contributed by atoms with Crippen molar-refractivity contribution in [3.05, 3.63) is 42.0 Å². The first kappa shape index (κ1) is 18.2. The summed E-state index contributed by atoms with van der Waals surface area (Å²) in [6, 6.07) is 6.47. The fraction of sp³-hybridized carbons (Fsp3) is 0.412. The third-order valence-corrected chi connectivity index (χ3v) is 3.68. The maximum Gasteiger partial charge on any atom is 0.494 e. The zero-order valence-electron chi connectivity index (χ0n) is 13.7. The first-order valence-corrected chi connectivity index (χ1v) is 7.90. The van der Waals surface area contributed by atoms with Crippen LogP contribution in [-0.2, 0) is 18.8 Å².